The average Bonchev–Trinajstić information content (AvgIpc) is 2.52. The second-order valence-electron chi connectivity index (χ2n) is 5.41. The maximum atomic E-state index is 11.6. The van der Waals surface area contributed by atoms with E-state index in [1.54, 1.807) is 7.11 Å². The van der Waals surface area contributed by atoms with Gasteiger partial charge < -0.3 is 20.7 Å². The number of hydrogen-bond donors (Lipinski definition) is 3. The fourth-order valence-corrected chi connectivity index (χ4v) is 2.03. The first-order chi connectivity index (χ1) is 11.1. The van der Waals surface area contributed by atoms with Crippen molar-refractivity contribution < 1.29 is 9.53 Å². The summed E-state index contributed by atoms with van der Waals surface area (Å²) in [5, 5.41) is 9.21. The molecule has 1 aromatic carbocycles. The van der Waals surface area contributed by atoms with E-state index in [0.29, 0.717) is 25.5 Å². The van der Waals surface area contributed by atoms with Gasteiger partial charge in [0.2, 0.25) is 5.91 Å². The zero-order valence-electron chi connectivity index (χ0n) is 14.9. The SMILES string of the molecule is CCNC(=NCc1ccccc1OC)NCCC(=O)NC(C)C.I. The Balaban J connectivity index is 0.00000529. The summed E-state index contributed by atoms with van der Waals surface area (Å²) >= 11 is 0. The minimum absolute atomic E-state index is 0. The van der Waals surface area contributed by atoms with Crippen molar-refractivity contribution in [3.8, 4) is 5.75 Å². The number of hydrogen-bond acceptors (Lipinski definition) is 3. The zero-order valence-corrected chi connectivity index (χ0v) is 17.2. The van der Waals surface area contributed by atoms with Crippen molar-refractivity contribution in [1.29, 1.82) is 0 Å². The van der Waals surface area contributed by atoms with Gasteiger partial charge >= 0.3 is 0 Å². The van der Waals surface area contributed by atoms with Gasteiger partial charge in [-0.05, 0) is 26.8 Å². The molecule has 0 unspecified atom stereocenters. The number of aliphatic imine (C=N–C) groups is 1. The summed E-state index contributed by atoms with van der Waals surface area (Å²) in [4.78, 5) is 16.2. The van der Waals surface area contributed by atoms with Crippen LogP contribution in [0.25, 0.3) is 0 Å². The third kappa shape index (κ3) is 8.95. The van der Waals surface area contributed by atoms with Crippen LogP contribution in [0.15, 0.2) is 29.3 Å². The molecule has 0 aliphatic rings. The lowest BCUT2D eigenvalue weighted by atomic mass is 10.2. The predicted molar refractivity (Wildman–Crippen MR) is 109 cm³/mol. The molecule has 0 aromatic heterocycles. The van der Waals surface area contributed by atoms with Crippen LogP contribution in [-0.4, -0.2) is 38.1 Å². The molecule has 0 bridgehead atoms. The maximum Gasteiger partial charge on any atom is 0.221 e. The van der Waals surface area contributed by atoms with Crippen molar-refractivity contribution in [2.45, 2.75) is 39.8 Å². The number of guanidine groups is 1. The largest absolute Gasteiger partial charge is 0.496 e. The van der Waals surface area contributed by atoms with Crippen molar-refractivity contribution in [3.05, 3.63) is 29.8 Å². The van der Waals surface area contributed by atoms with Crippen LogP contribution >= 0.6 is 24.0 Å². The van der Waals surface area contributed by atoms with E-state index in [9.17, 15) is 4.79 Å². The number of halogens is 1. The molecule has 0 atom stereocenters. The Hall–Kier alpha value is -1.51. The van der Waals surface area contributed by atoms with Crippen molar-refractivity contribution in [3.63, 3.8) is 0 Å². The van der Waals surface area contributed by atoms with E-state index < -0.39 is 0 Å². The van der Waals surface area contributed by atoms with Gasteiger partial charge in [0, 0.05) is 31.1 Å². The molecule has 0 heterocycles. The lowest BCUT2D eigenvalue weighted by Crippen LogP contribution is -2.40. The molecule has 7 heteroatoms. The summed E-state index contributed by atoms with van der Waals surface area (Å²) in [6.45, 7) is 7.71. The van der Waals surface area contributed by atoms with E-state index in [1.165, 1.54) is 0 Å². The number of carbonyl (C=O) groups excluding carboxylic acids is 1. The standard InChI is InChI=1S/C17H28N4O2.HI/c1-5-18-17(19-11-10-16(22)21-13(2)3)20-12-14-8-6-7-9-15(14)23-4;/h6-9,13H,5,10-12H2,1-4H3,(H,21,22)(H2,18,19,20);1H. The van der Waals surface area contributed by atoms with Gasteiger partial charge in [0.25, 0.3) is 0 Å². The molecule has 136 valence electrons. The molecule has 0 radical (unpaired) electrons. The fourth-order valence-electron chi connectivity index (χ4n) is 2.03. The normalized spacial score (nSPS) is 10.8. The van der Waals surface area contributed by atoms with Gasteiger partial charge in [-0.2, -0.15) is 0 Å². The van der Waals surface area contributed by atoms with Gasteiger partial charge in [-0.25, -0.2) is 4.99 Å². The highest BCUT2D eigenvalue weighted by molar-refractivity contribution is 14.0. The van der Waals surface area contributed by atoms with Crippen LogP contribution in [0.1, 0.15) is 32.8 Å². The Bertz CT molecular complexity index is 521. The van der Waals surface area contributed by atoms with Crippen molar-refractivity contribution in [1.82, 2.24) is 16.0 Å². The van der Waals surface area contributed by atoms with Gasteiger partial charge in [0.05, 0.1) is 13.7 Å². The van der Waals surface area contributed by atoms with E-state index in [2.05, 4.69) is 20.9 Å². The van der Waals surface area contributed by atoms with E-state index in [1.807, 2.05) is 45.0 Å². The third-order valence-corrected chi connectivity index (χ3v) is 3.04. The number of carbonyl (C=O) groups is 1. The van der Waals surface area contributed by atoms with Gasteiger partial charge in [-0.3, -0.25) is 4.79 Å². The minimum atomic E-state index is 0. The van der Waals surface area contributed by atoms with Gasteiger partial charge in [-0.1, -0.05) is 18.2 Å². The van der Waals surface area contributed by atoms with E-state index in [0.717, 1.165) is 17.9 Å². The molecular formula is C17H29IN4O2. The number of amides is 1. The highest BCUT2D eigenvalue weighted by Crippen LogP contribution is 2.17. The molecule has 1 amide bonds. The van der Waals surface area contributed by atoms with Crippen LogP contribution in [0.5, 0.6) is 5.75 Å². The molecular weight excluding hydrogens is 419 g/mol. The molecule has 1 aromatic rings. The number of nitrogens with one attached hydrogen (secondary N) is 3. The molecule has 0 spiro atoms. The minimum Gasteiger partial charge on any atom is -0.496 e. The lowest BCUT2D eigenvalue weighted by Gasteiger charge is -2.13. The summed E-state index contributed by atoms with van der Waals surface area (Å²) in [5.41, 5.74) is 1.02. The molecule has 3 N–H and O–H groups in total. The molecule has 0 aliphatic carbocycles. The second kappa shape index (κ2) is 12.9. The number of rotatable bonds is 8. The summed E-state index contributed by atoms with van der Waals surface area (Å²) < 4.78 is 5.32. The molecule has 1 rings (SSSR count). The molecule has 0 saturated carbocycles. The number of benzene rings is 1. The molecule has 6 nitrogen and oxygen atoms in total. The van der Waals surface area contributed by atoms with Crippen LogP contribution in [0.3, 0.4) is 0 Å². The monoisotopic (exact) mass is 448 g/mol. The summed E-state index contributed by atoms with van der Waals surface area (Å²) in [7, 11) is 1.65. The Morgan fingerprint density at radius 1 is 1.25 bits per heavy atom. The third-order valence-electron chi connectivity index (χ3n) is 3.04. The first kappa shape index (κ1) is 22.5. The van der Waals surface area contributed by atoms with Crippen molar-refractivity contribution in [2.24, 2.45) is 4.99 Å². The summed E-state index contributed by atoms with van der Waals surface area (Å²) in [5.74, 6) is 1.55. The molecule has 0 fully saturated rings. The lowest BCUT2D eigenvalue weighted by molar-refractivity contribution is -0.121. The van der Waals surface area contributed by atoms with Crippen LogP contribution in [-0.2, 0) is 11.3 Å². The second-order valence-corrected chi connectivity index (χ2v) is 5.41. The number of ether oxygens (including phenoxy) is 1. The summed E-state index contributed by atoms with van der Waals surface area (Å²) in [6.07, 6.45) is 0.414. The highest BCUT2D eigenvalue weighted by Gasteiger charge is 2.05. The Morgan fingerprint density at radius 2 is 1.96 bits per heavy atom. The Labute approximate surface area is 161 Å². The van der Waals surface area contributed by atoms with E-state index >= 15 is 0 Å². The Morgan fingerprint density at radius 3 is 2.58 bits per heavy atom. The van der Waals surface area contributed by atoms with Crippen LogP contribution < -0.4 is 20.7 Å². The molecule has 24 heavy (non-hydrogen) atoms. The number of methoxy groups -OCH3 is 1. The van der Waals surface area contributed by atoms with Crippen molar-refractivity contribution >= 4 is 35.8 Å². The maximum absolute atomic E-state index is 11.6. The first-order valence-corrected chi connectivity index (χ1v) is 8.00. The fraction of sp³-hybridized carbons (Fsp3) is 0.529. The van der Waals surface area contributed by atoms with Gasteiger partial charge in [-0.15, -0.1) is 24.0 Å². The van der Waals surface area contributed by atoms with E-state index in [-0.39, 0.29) is 35.9 Å². The molecule has 0 saturated heterocycles. The quantitative estimate of drug-likeness (QED) is 0.324. The van der Waals surface area contributed by atoms with E-state index in [4.69, 9.17) is 4.74 Å². The van der Waals surface area contributed by atoms with Crippen LogP contribution in [0, 0.1) is 0 Å². The zero-order chi connectivity index (χ0) is 17.1. The number of nitrogens with zero attached hydrogens (tertiary/aromatic N) is 1. The van der Waals surface area contributed by atoms with Gasteiger partial charge in [0.1, 0.15) is 5.75 Å². The topological polar surface area (TPSA) is 74.8 Å². The smallest absolute Gasteiger partial charge is 0.221 e. The van der Waals surface area contributed by atoms with Crippen molar-refractivity contribution in [2.75, 3.05) is 20.2 Å². The first-order valence-electron chi connectivity index (χ1n) is 8.00. The highest BCUT2D eigenvalue weighted by atomic mass is 127. The predicted octanol–water partition coefficient (Wildman–Crippen LogP) is 2.28. The van der Waals surface area contributed by atoms with Crippen LogP contribution in [0.2, 0.25) is 0 Å². The molecule has 0 aliphatic heterocycles. The summed E-state index contributed by atoms with van der Waals surface area (Å²) in [6, 6.07) is 7.96. The van der Waals surface area contributed by atoms with Gasteiger partial charge in [0.15, 0.2) is 5.96 Å². The van der Waals surface area contributed by atoms with Crippen LogP contribution in [0.4, 0.5) is 0 Å². The number of para-hydroxylation sites is 1. The average molecular weight is 448 g/mol. The Kier molecular flexibility index (Phi) is 12.0.